The number of hydrogen-bond acceptors (Lipinski definition) is 3. The van der Waals surface area contributed by atoms with E-state index < -0.39 is 17.9 Å². The first-order valence-corrected chi connectivity index (χ1v) is 4.59. The summed E-state index contributed by atoms with van der Waals surface area (Å²) in [6.45, 7) is 0.520. The predicted octanol–water partition coefficient (Wildman–Crippen LogP) is 0.228. The van der Waals surface area contributed by atoms with E-state index in [-0.39, 0.29) is 12.1 Å². The molecule has 0 saturated heterocycles. The molecule has 15 heavy (non-hydrogen) atoms. The van der Waals surface area contributed by atoms with Gasteiger partial charge in [0.15, 0.2) is 5.69 Å². The SMILES string of the molecule is O=C(O)c1ncn2c1CC(C(=O)O)CC2. The quantitative estimate of drug-likeness (QED) is 0.728. The third-order valence-electron chi connectivity index (χ3n) is 2.66. The van der Waals surface area contributed by atoms with Crippen LogP contribution in [0.4, 0.5) is 0 Å². The second kappa shape index (κ2) is 3.38. The first-order valence-electron chi connectivity index (χ1n) is 4.59. The van der Waals surface area contributed by atoms with E-state index in [0.29, 0.717) is 18.7 Å². The Morgan fingerprint density at radius 3 is 2.80 bits per heavy atom. The Hall–Kier alpha value is -1.85. The number of nitrogens with zero attached hydrogens (tertiary/aromatic N) is 2. The summed E-state index contributed by atoms with van der Waals surface area (Å²) in [4.78, 5) is 25.3. The molecule has 0 saturated carbocycles. The summed E-state index contributed by atoms with van der Waals surface area (Å²) in [5.41, 5.74) is 0.488. The third-order valence-corrected chi connectivity index (χ3v) is 2.66. The number of carboxylic acid groups (broad SMARTS) is 2. The number of hydrogen-bond donors (Lipinski definition) is 2. The van der Waals surface area contributed by atoms with Crippen molar-refractivity contribution < 1.29 is 19.8 Å². The number of aryl methyl sites for hydroxylation is 1. The van der Waals surface area contributed by atoms with Crippen LogP contribution in [0.1, 0.15) is 22.6 Å². The van der Waals surface area contributed by atoms with Crippen LogP contribution in [0, 0.1) is 5.92 Å². The molecule has 1 aromatic rings. The zero-order valence-electron chi connectivity index (χ0n) is 7.88. The van der Waals surface area contributed by atoms with Crippen LogP contribution in [0.5, 0.6) is 0 Å². The van der Waals surface area contributed by atoms with Gasteiger partial charge in [-0.1, -0.05) is 0 Å². The van der Waals surface area contributed by atoms with E-state index in [1.165, 1.54) is 6.33 Å². The van der Waals surface area contributed by atoms with Gasteiger partial charge in [0.1, 0.15) is 0 Å². The molecule has 1 aliphatic rings. The van der Waals surface area contributed by atoms with Crippen LogP contribution in [-0.2, 0) is 17.8 Å². The molecule has 1 unspecified atom stereocenters. The highest BCUT2D eigenvalue weighted by Crippen LogP contribution is 2.22. The number of carboxylic acids is 2. The fraction of sp³-hybridized carbons (Fsp3) is 0.444. The molecule has 0 fully saturated rings. The van der Waals surface area contributed by atoms with E-state index in [2.05, 4.69) is 4.98 Å². The number of carbonyl (C=O) groups is 2. The average Bonchev–Trinajstić information content (AvgIpc) is 2.59. The molecule has 0 aliphatic carbocycles. The van der Waals surface area contributed by atoms with Gasteiger partial charge >= 0.3 is 11.9 Å². The normalized spacial score (nSPS) is 19.6. The Labute approximate surface area is 85.2 Å². The van der Waals surface area contributed by atoms with E-state index >= 15 is 0 Å². The van der Waals surface area contributed by atoms with Gasteiger partial charge in [0.05, 0.1) is 17.9 Å². The first-order chi connectivity index (χ1) is 7.09. The molecule has 1 atom stereocenters. The van der Waals surface area contributed by atoms with E-state index in [0.717, 1.165) is 0 Å². The topological polar surface area (TPSA) is 92.4 Å². The second-order valence-electron chi connectivity index (χ2n) is 3.57. The predicted molar refractivity (Wildman–Crippen MR) is 48.6 cm³/mol. The summed E-state index contributed by atoms with van der Waals surface area (Å²) in [6.07, 6.45) is 2.23. The summed E-state index contributed by atoms with van der Waals surface area (Å²) in [5, 5.41) is 17.7. The van der Waals surface area contributed by atoms with Crippen molar-refractivity contribution in [3.63, 3.8) is 0 Å². The average molecular weight is 210 g/mol. The van der Waals surface area contributed by atoms with Crippen LogP contribution in [0.25, 0.3) is 0 Å². The maximum Gasteiger partial charge on any atom is 0.356 e. The molecule has 0 amide bonds. The Morgan fingerprint density at radius 2 is 2.20 bits per heavy atom. The standard InChI is InChI=1S/C9H10N2O4/c12-8(13)5-1-2-11-4-10-7(9(14)15)6(11)3-5/h4-5H,1-3H2,(H,12,13)(H,14,15). The van der Waals surface area contributed by atoms with Crippen molar-refractivity contribution >= 4 is 11.9 Å². The molecule has 0 spiro atoms. The highest BCUT2D eigenvalue weighted by Gasteiger charge is 2.28. The molecule has 1 aromatic heterocycles. The van der Waals surface area contributed by atoms with Crippen LogP contribution in [-0.4, -0.2) is 31.7 Å². The van der Waals surface area contributed by atoms with Crippen molar-refractivity contribution in [2.45, 2.75) is 19.4 Å². The Kier molecular flexibility index (Phi) is 2.18. The monoisotopic (exact) mass is 210 g/mol. The molecule has 6 heteroatoms. The largest absolute Gasteiger partial charge is 0.481 e. The van der Waals surface area contributed by atoms with Gasteiger partial charge in [-0.15, -0.1) is 0 Å². The zero-order chi connectivity index (χ0) is 11.0. The Morgan fingerprint density at radius 1 is 1.47 bits per heavy atom. The van der Waals surface area contributed by atoms with Crippen molar-refractivity contribution in [3.8, 4) is 0 Å². The molecular weight excluding hydrogens is 200 g/mol. The van der Waals surface area contributed by atoms with Gasteiger partial charge in [0.25, 0.3) is 0 Å². The smallest absolute Gasteiger partial charge is 0.356 e. The van der Waals surface area contributed by atoms with Crippen molar-refractivity contribution in [1.29, 1.82) is 0 Å². The van der Waals surface area contributed by atoms with E-state index in [1.54, 1.807) is 4.57 Å². The zero-order valence-corrected chi connectivity index (χ0v) is 7.88. The maximum absolute atomic E-state index is 10.8. The Balaban J connectivity index is 2.34. The lowest BCUT2D eigenvalue weighted by Crippen LogP contribution is -2.26. The number of fused-ring (bicyclic) bond motifs is 1. The van der Waals surface area contributed by atoms with Crippen molar-refractivity contribution in [3.05, 3.63) is 17.7 Å². The minimum absolute atomic E-state index is 0.0269. The van der Waals surface area contributed by atoms with Gasteiger partial charge < -0.3 is 14.8 Å². The third kappa shape index (κ3) is 1.58. The fourth-order valence-electron chi connectivity index (χ4n) is 1.83. The molecule has 80 valence electrons. The van der Waals surface area contributed by atoms with Crippen LogP contribution < -0.4 is 0 Å². The highest BCUT2D eigenvalue weighted by molar-refractivity contribution is 5.87. The van der Waals surface area contributed by atoms with Crippen LogP contribution in [0.3, 0.4) is 0 Å². The Bertz CT molecular complexity index is 424. The van der Waals surface area contributed by atoms with Crippen LogP contribution >= 0.6 is 0 Å². The lowest BCUT2D eigenvalue weighted by Gasteiger charge is -2.20. The summed E-state index contributed by atoms with van der Waals surface area (Å²) in [5.74, 6) is -2.47. The fourth-order valence-corrected chi connectivity index (χ4v) is 1.83. The lowest BCUT2D eigenvalue weighted by atomic mass is 9.95. The van der Waals surface area contributed by atoms with Crippen molar-refractivity contribution in [1.82, 2.24) is 9.55 Å². The van der Waals surface area contributed by atoms with Gasteiger partial charge in [0.2, 0.25) is 0 Å². The molecule has 2 rings (SSSR count). The summed E-state index contributed by atoms with van der Waals surface area (Å²) >= 11 is 0. The first kappa shape index (κ1) is 9.70. The van der Waals surface area contributed by atoms with E-state index in [4.69, 9.17) is 10.2 Å². The van der Waals surface area contributed by atoms with Gasteiger partial charge in [-0.2, -0.15) is 0 Å². The number of aliphatic carboxylic acids is 1. The molecule has 1 aliphatic heterocycles. The van der Waals surface area contributed by atoms with Crippen molar-refractivity contribution in [2.24, 2.45) is 5.92 Å². The number of rotatable bonds is 2. The van der Waals surface area contributed by atoms with Gasteiger partial charge in [-0.05, 0) is 6.42 Å². The van der Waals surface area contributed by atoms with Gasteiger partial charge in [-0.3, -0.25) is 4.79 Å². The molecular formula is C9H10N2O4. The molecule has 0 radical (unpaired) electrons. The maximum atomic E-state index is 10.8. The van der Waals surface area contributed by atoms with Crippen LogP contribution in [0.2, 0.25) is 0 Å². The molecule has 0 bridgehead atoms. The second-order valence-corrected chi connectivity index (χ2v) is 3.57. The van der Waals surface area contributed by atoms with Gasteiger partial charge in [-0.25, -0.2) is 9.78 Å². The number of aromatic nitrogens is 2. The molecule has 2 N–H and O–H groups in total. The van der Waals surface area contributed by atoms with Gasteiger partial charge in [0, 0.05) is 13.0 Å². The number of aromatic carboxylic acids is 1. The summed E-state index contributed by atoms with van der Waals surface area (Å²) in [7, 11) is 0. The molecule has 6 nitrogen and oxygen atoms in total. The van der Waals surface area contributed by atoms with E-state index in [9.17, 15) is 9.59 Å². The lowest BCUT2D eigenvalue weighted by molar-refractivity contribution is -0.142. The summed E-state index contributed by atoms with van der Waals surface area (Å²) in [6, 6.07) is 0. The number of imidazole rings is 1. The molecule has 2 heterocycles. The minimum Gasteiger partial charge on any atom is -0.481 e. The molecule has 0 aromatic carbocycles. The highest BCUT2D eigenvalue weighted by atomic mass is 16.4. The minimum atomic E-state index is -1.10. The van der Waals surface area contributed by atoms with Crippen LogP contribution in [0.15, 0.2) is 6.33 Å². The summed E-state index contributed by atoms with van der Waals surface area (Å²) < 4.78 is 1.71. The van der Waals surface area contributed by atoms with Crippen molar-refractivity contribution in [2.75, 3.05) is 0 Å². The van der Waals surface area contributed by atoms with E-state index in [1.807, 2.05) is 0 Å².